The molecule has 1 amide bonds. The smallest absolute Gasteiger partial charge is 0.266 e. The van der Waals surface area contributed by atoms with Crippen LogP contribution < -0.4 is 5.32 Å². The van der Waals surface area contributed by atoms with Gasteiger partial charge in [0.05, 0.1) is 17.9 Å². The summed E-state index contributed by atoms with van der Waals surface area (Å²) in [5.41, 5.74) is 0. The van der Waals surface area contributed by atoms with Crippen LogP contribution in [-0.4, -0.2) is 41.9 Å². The first kappa shape index (κ1) is 54.8. The van der Waals surface area contributed by atoms with Gasteiger partial charge < -0.3 is 10.4 Å². The van der Waals surface area contributed by atoms with Crippen LogP contribution in [0.3, 0.4) is 0 Å². The molecule has 0 aliphatic rings. The maximum atomic E-state index is 12.6. The first-order valence-corrected chi connectivity index (χ1v) is 25.2. The normalized spacial score (nSPS) is 13.8. The molecule has 0 radical (unpaired) electrons. The van der Waals surface area contributed by atoms with Crippen LogP contribution >= 0.6 is 0 Å². The van der Waals surface area contributed by atoms with E-state index in [4.69, 9.17) is 0 Å². The molecule has 330 valence electrons. The highest BCUT2D eigenvalue weighted by atomic mass is 32.2. The molecule has 0 spiro atoms. The zero-order valence-electron chi connectivity index (χ0n) is 36.9. The van der Waals surface area contributed by atoms with Crippen molar-refractivity contribution in [2.24, 2.45) is 0 Å². The van der Waals surface area contributed by atoms with Crippen LogP contribution in [0.5, 0.6) is 0 Å². The Labute approximate surface area is 353 Å². The zero-order valence-corrected chi connectivity index (χ0v) is 37.8. The number of hydrogen-bond acceptors (Lipinski definition) is 4. The van der Waals surface area contributed by atoms with Crippen LogP contribution in [0.1, 0.15) is 219 Å². The largest absolute Gasteiger partial charge is 0.391 e. The van der Waals surface area contributed by atoms with Gasteiger partial charge in [0.2, 0.25) is 5.91 Å². The molecule has 0 saturated carbocycles. The van der Waals surface area contributed by atoms with Crippen molar-refractivity contribution in [1.29, 1.82) is 0 Å². The Morgan fingerprint density at radius 1 is 0.491 bits per heavy atom. The molecule has 0 bridgehead atoms. The minimum absolute atomic E-state index is 0.271. The number of nitrogens with one attached hydrogen (secondary N) is 1. The molecule has 2 atom stereocenters. The Balaban J connectivity index is 3.89. The molecule has 0 aromatic rings. The second-order valence-corrected chi connectivity index (χ2v) is 17.5. The second kappa shape index (κ2) is 43.4. The molecule has 0 aromatic carbocycles. The fraction of sp³-hybridized carbons (Fsp3) is 0.740. The first-order chi connectivity index (χ1) is 27.8. The van der Waals surface area contributed by atoms with E-state index >= 15 is 0 Å². The number of aliphatic hydroxyl groups is 1. The van der Waals surface area contributed by atoms with Crippen LogP contribution in [-0.2, 0) is 14.9 Å². The lowest BCUT2D eigenvalue weighted by molar-refractivity contribution is -0.122. The van der Waals surface area contributed by atoms with Crippen molar-refractivity contribution in [3.63, 3.8) is 0 Å². The summed E-state index contributed by atoms with van der Waals surface area (Å²) in [6, 6.07) is -0.990. The Kier molecular flexibility index (Phi) is 41.7. The third-order valence-corrected chi connectivity index (χ3v) is 11.2. The highest BCUT2D eigenvalue weighted by Crippen LogP contribution is 2.16. The van der Waals surface area contributed by atoms with E-state index in [0.29, 0.717) is 12.8 Å². The quantitative estimate of drug-likeness (QED) is 0.0323. The molecule has 6 nitrogen and oxygen atoms in total. The summed E-state index contributed by atoms with van der Waals surface area (Å²) in [6.45, 7) is 4.43. The van der Waals surface area contributed by atoms with E-state index in [2.05, 4.69) is 92.1 Å². The fourth-order valence-electron chi connectivity index (χ4n) is 6.93. The van der Waals surface area contributed by atoms with Crippen LogP contribution in [0, 0.1) is 0 Å². The summed E-state index contributed by atoms with van der Waals surface area (Å²) in [5, 5.41) is 13.4. The topological polar surface area (TPSA) is 104 Å². The van der Waals surface area contributed by atoms with Gasteiger partial charge in [0.15, 0.2) is 0 Å². The van der Waals surface area contributed by atoms with Gasteiger partial charge in [0.25, 0.3) is 10.1 Å². The molecule has 3 N–H and O–H groups in total. The van der Waals surface area contributed by atoms with Gasteiger partial charge in [-0.2, -0.15) is 8.42 Å². The Morgan fingerprint density at radius 2 is 0.842 bits per heavy atom. The van der Waals surface area contributed by atoms with Crippen molar-refractivity contribution in [2.75, 3.05) is 5.75 Å². The SMILES string of the molecule is CC/C=C\C/C=C\C/C=C\C/C=C\C/C=C\C/C=C\CCCCCCC(=O)NC(CS(=O)(=O)O)C(O)CCCCCCCCCCCCCCCCCCCCC. The van der Waals surface area contributed by atoms with Crippen LogP contribution in [0.2, 0.25) is 0 Å². The lowest BCUT2D eigenvalue weighted by Gasteiger charge is -2.23. The molecule has 57 heavy (non-hydrogen) atoms. The summed E-state index contributed by atoms with van der Waals surface area (Å²) >= 11 is 0. The number of aliphatic hydroxyl groups excluding tert-OH is 1. The molecule has 0 heterocycles. The maximum absolute atomic E-state index is 12.6. The van der Waals surface area contributed by atoms with E-state index in [9.17, 15) is 22.9 Å². The monoisotopic (exact) mass is 816 g/mol. The number of carbonyl (C=O) groups excluding carboxylic acids is 1. The average Bonchev–Trinajstić information content (AvgIpc) is 3.18. The third kappa shape index (κ3) is 44.7. The van der Waals surface area contributed by atoms with E-state index in [1.54, 1.807) is 0 Å². The molecular weight excluding hydrogens is 727 g/mol. The fourth-order valence-corrected chi connectivity index (χ4v) is 7.69. The Hall–Kier alpha value is -2.22. The maximum Gasteiger partial charge on any atom is 0.266 e. The van der Waals surface area contributed by atoms with Gasteiger partial charge in [-0.3, -0.25) is 9.35 Å². The summed E-state index contributed by atoms with van der Waals surface area (Å²) in [6.07, 6.45) is 61.4. The summed E-state index contributed by atoms with van der Waals surface area (Å²) in [4.78, 5) is 12.6. The molecule has 2 unspecified atom stereocenters. The van der Waals surface area contributed by atoms with Gasteiger partial charge >= 0.3 is 0 Å². The van der Waals surface area contributed by atoms with Crippen LogP contribution in [0.4, 0.5) is 0 Å². The van der Waals surface area contributed by atoms with Crippen LogP contribution in [0.25, 0.3) is 0 Å². The van der Waals surface area contributed by atoms with Crippen molar-refractivity contribution >= 4 is 16.0 Å². The van der Waals surface area contributed by atoms with Gasteiger partial charge in [0, 0.05) is 6.42 Å². The number of allylic oxidation sites excluding steroid dienone is 12. The van der Waals surface area contributed by atoms with Crippen molar-refractivity contribution in [2.45, 2.75) is 231 Å². The van der Waals surface area contributed by atoms with Crippen molar-refractivity contribution in [3.05, 3.63) is 72.9 Å². The first-order valence-electron chi connectivity index (χ1n) is 23.6. The van der Waals surface area contributed by atoms with E-state index in [0.717, 1.165) is 83.5 Å². The summed E-state index contributed by atoms with van der Waals surface area (Å²) < 4.78 is 32.7. The molecule has 0 aliphatic heterocycles. The van der Waals surface area contributed by atoms with Crippen molar-refractivity contribution < 1.29 is 22.9 Å². The molecule has 0 saturated heterocycles. The second-order valence-electron chi connectivity index (χ2n) is 16.0. The molecular formula is C50H89NO5S. The minimum Gasteiger partial charge on any atom is -0.391 e. The predicted octanol–water partition coefficient (Wildman–Crippen LogP) is 14.6. The lowest BCUT2D eigenvalue weighted by Crippen LogP contribution is -2.47. The number of rotatable bonds is 42. The van der Waals surface area contributed by atoms with Crippen molar-refractivity contribution in [3.8, 4) is 0 Å². The number of unbranched alkanes of at least 4 members (excludes halogenated alkanes) is 22. The van der Waals surface area contributed by atoms with Gasteiger partial charge in [-0.25, -0.2) is 0 Å². The van der Waals surface area contributed by atoms with E-state index in [1.807, 2.05) is 0 Å². The van der Waals surface area contributed by atoms with Crippen molar-refractivity contribution in [1.82, 2.24) is 5.32 Å². The molecule has 7 heteroatoms. The molecule has 0 aromatic heterocycles. The Bertz CT molecular complexity index is 1170. The van der Waals surface area contributed by atoms with Gasteiger partial charge in [-0.05, 0) is 64.2 Å². The van der Waals surface area contributed by atoms with Gasteiger partial charge in [-0.15, -0.1) is 0 Å². The highest BCUT2D eigenvalue weighted by Gasteiger charge is 2.26. The average molecular weight is 816 g/mol. The molecule has 0 rings (SSSR count). The zero-order chi connectivity index (χ0) is 41.8. The summed E-state index contributed by atoms with van der Waals surface area (Å²) in [5.74, 6) is -0.932. The number of hydrogen-bond donors (Lipinski definition) is 3. The molecule has 0 fully saturated rings. The van der Waals surface area contributed by atoms with E-state index < -0.39 is 28.0 Å². The Morgan fingerprint density at radius 3 is 1.25 bits per heavy atom. The van der Waals surface area contributed by atoms with Crippen LogP contribution in [0.15, 0.2) is 72.9 Å². The standard InChI is InChI=1S/C50H89NO5S/c1-3-5-7-9-11-13-15-17-19-21-23-24-25-26-28-30-32-34-36-38-40-42-44-46-50(53)51-48(47-57(54,55)56)49(52)45-43-41-39-37-35-33-31-29-27-22-20-18-16-14-12-10-8-6-4-2/h5,7,11,13,17,19,23-24,26,28,32,34,48-49,52H,3-4,6,8-10,12,14-16,18,20-22,25,27,29-31,33,35-47H2,1-2H3,(H,51,53)(H,54,55,56)/b7-5-,13-11-,19-17-,24-23-,28-26-,34-32-. The predicted molar refractivity (Wildman–Crippen MR) is 248 cm³/mol. The number of carbonyl (C=O) groups is 1. The van der Waals surface area contributed by atoms with Gasteiger partial charge in [0.1, 0.15) is 0 Å². The summed E-state index contributed by atoms with van der Waals surface area (Å²) in [7, 11) is -4.33. The van der Waals surface area contributed by atoms with E-state index in [1.165, 1.54) is 103 Å². The number of amides is 1. The lowest BCUT2D eigenvalue weighted by atomic mass is 10.0. The van der Waals surface area contributed by atoms with E-state index in [-0.39, 0.29) is 12.3 Å². The third-order valence-electron chi connectivity index (χ3n) is 10.4. The minimum atomic E-state index is -4.33. The van der Waals surface area contributed by atoms with Gasteiger partial charge in [-0.1, -0.05) is 222 Å². The highest BCUT2D eigenvalue weighted by molar-refractivity contribution is 7.85. The molecule has 0 aliphatic carbocycles.